The Morgan fingerprint density at radius 2 is 1.75 bits per heavy atom. The van der Waals surface area contributed by atoms with Crippen molar-refractivity contribution in [2.24, 2.45) is 0 Å². The van der Waals surface area contributed by atoms with Gasteiger partial charge in [0.15, 0.2) is 18.1 Å². The normalized spacial score (nSPS) is 10.8. The average Bonchev–Trinajstić information content (AvgIpc) is 2.60. The first kappa shape index (κ1) is 23.7. The fourth-order valence-electron chi connectivity index (χ4n) is 2.56. The Morgan fingerprint density at radius 1 is 1.07 bits per heavy atom. The molecule has 154 valence electrons. The summed E-state index contributed by atoms with van der Waals surface area (Å²) in [6.45, 7) is 6.76. The first-order chi connectivity index (χ1) is 12.8. The molecule has 0 fully saturated rings. The summed E-state index contributed by atoms with van der Waals surface area (Å²) in [7, 11) is 1.56. The number of ether oxygens (including phenoxy) is 2. The van der Waals surface area contributed by atoms with Crippen molar-refractivity contribution in [1.82, 2.24) is 10.6 Å². The van der Waals surface area contributed by atoms with Crippen molar-refractivity contribution in [3.8, 4) is 11.5 Å². The van der Waals surface area contributed by atoms with Gasteiger partial charge in [0.05, 0.1) is 7.11 Å². The molecule has 2 N–H and O–H groups in total. The van der Waals surface area contributed by atoms with E-state index in [0.717, 1.165) is 11.1 Å². The van der Waals surface area contributed by atoms with Gasteiger partial charge in [0.1, 0.15) is 5.82 Å². The maximum Gasteiger partial charge on any atom is 0.258 e. The number of methoxy groups -OCH3 is 1. The van der Waals surface area contributed by atoms with Crippen LogP contribution in [0.5, 0.6) is 11.5 Å². The van der Waals surface area contributed by atoms with E-state index < -0.39 is 0 Å². The zero-order valence-corrected chi connectivity index (χ0v) is 17.5. The van der Waals surface area contributed by atoms with Crippen LogP contribution in [0.3, 0.4) is 0 Å². The molecule has 7 heteroatoms. The summed E-state index contributed by atoms with van der Waals surface area (Å²) in [5.41, 5.74) is 1.53. The zero-order valence-electron chi connectivity index (χ0n) is 16.7. The Balaban J connectivity index is 0.00000392. The number of carbonyl (C=O) groups is 1. The maximum absolute atomic E-state index is 13.0. The second-order valence-electron chi connectivity index (χ2n) is 7.27. The molecule has 0 bridgehead atoms. The van der Waals surface area contributed by atoms with Crippen LogP contribution >= 0.6 is 12.4 Å². The molecular weight excluding hydrogens is 383 g/mol. The molecular formula is C21H28ClFN2O3. The molecule has 0 aliphatic heterocycles. The molecule has 1 amide bonds. The highest BCUT2D eigenvalue weighted by atomic mass is 35.5. The standard InChI is InChI=1S/C21H27FN2O3.ClH/c1-21(2,3)24-19(25)14-27-20-16(6-5-7-18(20)26-4)13-23-12-15-8-10-17(22)11-9-15;/h5-11,23H,12-14H2,1-4H3,(H,24,25);1H. The van der Waals surface area contributed by atoms with Crippen molar-refractivity contribution >= 4 is 18.3 Å². The predicted molar refractivity (Wildman–Crippen MR) is 111 cm³/mol. The number of para-hydroxylation sites is 1. The van der Waals surface area contributed by atoms with Crippen LogP contribution in [0.25, 0.3) is 0 Å². The predicted octanol–water partition coefficient (Wildman–Crippen LogP) is 3.84. The fraction of sp³-hybridized carbons (Fsp3) is 0.381. The van der Waals surface area contributed by atoms with Crippen LogP contribution in [-0.2, 0) is 17.9 Å². The SMILES string of the molecule is COc1cccc(CNCc2ccc(F)cc2)c1OCC(=O)NC(C)(C)C.Cl. The molecule has 0 saturated heterocycles. The number of rotatable bonds is 8. The molecule has 2 aromatic carbocycles. The Kier molecular flexibility index (Phi) is 9.22. The van der Waals surface area contributed by atoms with Crippen molar-refractivity contribution < 1.29 is 18.7 Å². The Bertz CT molecular complexity index is 761. The maximum atomic E-state index is 13.0. The molecule has 28 heavy (non-hydrogen) atoms. The van der Waals surface area contributed by atoms with Gasteiger partial charge < -0.3 is 20.1 Å². The third-order valence-electron chi connectivity index (χ3n) is 3.70. The Labute approximate surface area is 172 Å². The molecule has 2 aromatic rings. The van der Waals surface area contributed by atoms with E-state index in [1.165, 1.54) is 12.1 Å². The minimum atomic E-state index is -0.319. The van der Waals surface area contributed by atoms with Crippen LogP contribution in [0.15, 0.2) is 42.5 Å². The number of amides is 1. The fourth-order valence-corrected chi connectivity index (χ4v) is 2.56. The topological polar surface area (TPSA) is 59.6 Å². The number of hydrogen-bond acceptors (Lipinski definition) is 4. The first-order valence-electron chi connectivity index (χ1n) is 8.83. The number of hydrogen-bond donors (Lipinski definition) is 2. The molecule has 0 atom stereocenters. The summed E-state index contributed by atoms with van der Waals surface area (Å²) >= 11 is 0. The van der Waals surface area contributed by atoms with Crippen molar-refractivity contribution in [2.75, 3.05) is 13.7 Å². The second-order valence-corrected chi connectivity index (χ2v) is 7.27. The first-order valence-corrected chi connectivity index (χ1v) is 8.83. The molecule has 0 aliphatic carbocycles. The highest BCUT2D eigenvalue weighted by Crippen LogP contribution is 2.31. The molecule has 0 radical (unpaired) electrons. The molecule has 0 aromatic heterocycles. The summed E-state index contributed by atoms with van der Waals surface area (Å²) in [6, 6.07) is 11.9. The third-order valence-corrected chi connectivity index (χ3v) is 3.70. The smallest absolute Gasteiger partial charge is 0.258 e. The molecule has 0 aliphatic rings. The molecule has 0 spiro atoms. The van der Waals surface area contributed by atoms with Gasteiger partial charge in [-0.3, -0.25) is 4.79 Å². The van der Waals surface area contributed by atoms with Crippen LogP contribution in [0.4, 0.5) is 4.39 Å². The Morgan fingerprint density at radius 3 is 2.36 bits per heavy atom. The van der Waals surface area contributed by atoms with Crippen LogP contribution in [-0.4, -0.2) is 25.2 Å². The van der Waals surface area contributed by atoms with E-state index >= 15 is 0 Å². The summed E-state index contributed by atoms with van der Waals surface area (Å²) in [5, 5.41) is 6.16. The summed E-state index contributed by atoms with van der Waals surface area (Å²) < 4.78 is 24.1. The average molecular weight is 411 g/mol. The van der Waals surface area contributed by atoms with Crippen molar-refractivity contribution in [3.05, 3.63) is 59.4 Å². The van der Waals surface area contributed by atoms with Gasteiger partial charge in [-0.2, -0.15) is 0 Å². The van der Waals surface area contributed by atoms with E-state index in [2.05, 4.69) is 10.6 Å². The number of benzene rings is 2. The van der Waals surface area contributed by atoms with Crippen molar-refractivity contribution in [2.45, 2.75) is 39.4 Å². The van der Waals surface area contributed by atoms with Gasteiger partial charge in [0, 0.05) is 24.2 Å². The van der Waals surface area contributed by atoms with Gasteiger partial charge >= 0.3 is 0 Å². The number of nitrogens with one attached hydrogen (secondary N) is 2. The van der Waals surface area contributed by atoms with Gasteiger partial charge in [-0.1, -0.05) is 24.3 Å². The number of halogens is 2. The lowest BCUT2D eigenvalue weighted by molar-refractivity contribution is -0.124. The molecule has 5 nitrogen and oxygen atoms in total. The van der Waals surface area contributed by atoms with Gasteiger partial charge in [-0.05, 0) is 44.5 Å². The van der Waals surface area contributed by atoms with Gasteiger partial charge in [0.2, 0.25) is 0 Å². The van der Waals surface area contributed by atoms with Crippen molar-refractivity contribution in [3.63, 3.8) is 0 Å². The van der Waals surface area contributed by atoms with Crippen LogP contribution < -0.4 is 20.1 Å². The van der Waals surface area contributed by atoms with Crippen LogP contribution in [0.1, 0.15) is 31.9 Å². The quantitative estimate of drug-likeness (QED) is 0.694. The molecule has 0 heterocycles. The minimum Gasteiger partial charge on any atom is -0.493 e. The summed E-state index contributed by atoms with van der Waals surface area (Å²) in [4.78, 5) is 12.0. The largest absolute Gasteiger partial charge is 0.493 e. The number of carbonyl (C=O) groups excluding carboxylic acids is 1. The Hall–Kier alpha value is -2.31. The highest BCUT2D eigenvalue weighted by molar-refractivity contribution is 5.85. The van der Waals surface area contributed by atoms with E-state index in [1.54, 1.807) is 25.3 Å². The molecule has 2 rings (SSSR count). The minimum absolute atomic E-state index is 0. The van der Waals surface area contributed by atoms with Crippen molar-refractivity contribution in [1.29, 1.82) is 0 Å². The highest BCUT2D eigenvalue weighted by Gasteiger charge is 2.16. The van der Waals surface area contributed by atoms with Gasteiger partial charge in [0.25, 0.3) is 5.91 Å². The van der Waals surface area contributed by atoms with Crippen LogP contribution in [0, 0.1) is 5.82 Å². The summed E-state index contributed by atoms with van der Waals surface area (Å²) in [5.74, 6) is 0.657. The van der Waals surface area contributed by atoms with Gasteiger partial charge in [-0.25, -0.2) is 4.39 Å². The van der Waals surface area contributed by atoms with E-state index in [0.29, 0.717) is 24.6 Å². The van der Waals surface area contributed by atoms with E-state index in [4.69, 9.17) is 9.47 Å². The monoisotopic (exact) mass is 410 g/mol. The second kappa shape index (κ2) is 10.9. The van der Waals surface area contributed by atoms with E-state index in [-0.39, 0.29) is 36.3 Å². The molecule has 0 saturated carbocycles. The van der Waals surface area contributed by atoms with E-state index in [9.17, 15) is 9.18 Å². The summed E-state index contributed by atoms with van der Waals surface area (Å²) in [6.07, 6.45) is 0. The molecule has 0 unspecified atom stereocenters. The lowest BCUT2D eigenvalue weighted by Gasteiger charge is -2.21. The lowest BCUT2D eigenvalue weighted by Crippen LogP contribution is -2.43. The van der Waals surface area contributed by atoms with E-state index in [1.807, 2.05) is 32.9 Å². The lowest BCUT2D eigenvalue weighted by atomic mass is 10.1. The van der Waals surface area contributed by atoms with Gasteiger partial charge in [-0.15, -0.1) is 12.4 Å². The van der Waals surface area contributed by atoms with Crippen LogP contribution in [0.2, 0.25) is 0 Å². The zero-order chi connectivity index (χ0) is 19.9. The third kappa shape index (κ3) is 7.74.